The largest absolute Gasteiger partial charge is 0.321 e. The number of thiophene rings is 1. The van der Waals surface area contributed by atoms with E-state index in [1.54, 1.807) is 34.3 Å². The zero-order chi connectivity index (χ0) is 22.4. The van der Waals surface area contributed by atoms with Crippen molar-refractivity contribution in [2.45, 2.75) is 20.8 Å². The molecule has 4 rings (SSSR count). The lowest BCUT2D eigenvalue weighted by Crippen LogP contribution is -2.11. The monoisotopic (exact) mass is 434 g/mol. The van der Waals surface area contributed by atoms with E-state index in [2.05, 4.69) is 10.4 Å². The first-order chi connectivity index (χ1) is 15.0. The molecule has 31 heavy (non-hydrogen) atoms. The summed E-state index contributed by atoms with van der Waals surface area (Å²) in [5.41, 5.74) is 2.93. The standard InChI is InChI=1S/C21H16N4O3S.C2H6/c1-14-12-18(15-6-3-2-4-7-15)24(23-14)17-10-9-16(13-19(17)25(27)28)22-21(26)20-8-5-11-29-20;1-2/h2-13H,1H3,(H,22,26);1-2H3. The molecule has 0 spiro atoms. The van der Waals surface area contributed by atoms with Crippen molar-refractivity contribution in [1.82, 2.24) is 9.78 Å². The van der Waals surface area contributed by atoms with Crippen molar-refractivity contribution in [2.75, 3.05) is 5.32 Å². The van der Waals surface area contributed by atoms with Crippen LogP contribution in [0.4, 0.5) is 11.4 Å². The Labute approximate surface area is 184 Å². The fraction of sp³-hybridized carbons (Fsp3) is 0.130. The number of nitrogens with one attached hydrogen (secondary N) is 1. The Hall–Kier alpha value is -3.78. The summed E-state index contributed by atoms with van der Waals surface area (Å²) < 4.78 is 1.56. The highest BCUT2D eigenvalue weighted by atomic mass is 32.1. The van der Waals surface area contributed by atoms with Gasteiger partial charge in [-0.2, -0.15) is 5.10 Å². The van der Waals surface area contributed by atoms with Gasteiger partial charge in [-0.05, 0) is 36.6 Å². The SMILES string of the molecule is CC.Cc1cc(-c2ccccc2)n(-c2ccc(NC(=O)c3cccs3)cc2[N+](=O)[O-])n1. The fourth-order valence-electron chi connectivity index (χ4n) is 3.02. The van der Waals surface area contributed by atoms with Crippen LogP contribution in [0.3, 0.4) is 0 Å². The molecule has 0 bridgehead atoms. The second kappa shape index (κ2) is 9.82. The number of rotatable bonds is 5. The maximum absolute atomic E-state index is 12.3. The number of nitrogens with zero attached hydrogens (tertiary/aromatic N) is 3. The minimum Gasteiger partial charge on any atom is -0.321 e. The van der Waals surface area contributed by atoms with Gasteiger partial charge in [0.15, 0.2) is 0 Å². The molecular weight excluding hydrogens is 412 g/mol. The van der Waals surface area contributed by atoms with E-state index in [-0.39, 0.29) is 11.6 Å². The average Bonchev–Trinajstić information content (AvgIpc) is 3.46. The van der Waals surface area contributed by atoms with E-state index in [4.69, 9.17) is 0 Å². The summed E-state index contributed by atoms with van der Waals surface area (Å²) in [6.07, 6.45) is 0. The van der Waals surface area contributed by atoms with E-state index in [0.717, 1.165) is 17.0 Å². The Bertz CT molecular complexity index is 1190. The highest BCUT2D eigenvalue weighted by molar-refractivity contribution is 7.12. The lowest BCUT2D eigenvalue weighted by atomic mass is 10.1. The zero-order valence-corrected chi connectivity index (χ0v) is 18.2. The molecule has 2 aromatic carbocycles. The van der Waals surface area contributed by atoms with Crippen LogP contribution in [0, 0.1) is 17.0 Å². The number of nitro groups is 1. The second-order valence-electron chi connectivity index (χ2n) is 6.34. The van der Waals surface area contributed by atoms with Crippen LogP contribution in [-0.4, -0.2) is 20.6 Å². The molecular formula is C23H22N4O3S. The average molecular weight is 435 g/mol. The van der Waals surface area contributed by atoms with Gasteiger partial charge in [0.1, 0.15) is 5.69 Å². The minimum atomic E-state index is -0.470. The number of nitro benzene ring substituents is 1. The second-order valence-corrected chi connectivity index (χ2v) is 7.29. The highest BCUT2D eigenvalue weighted by Crippen LogP contribution is 2.31. The van der Waals surface area contributed by atoms with Gasteiger partial charge in [-0.25, -0.2) is 4.68 Å². The lowest BCUT2D eigenvalue weighted by Gasteiger charge is -2.10. The van der Waals surface area contributed by atoms with E-state index in [1.807, 2.05) is 57.2 Å². The summed E-state index contributed by atoms with van der Waals surface area (Å²) in [4.78, 5) is 24.1. The molecule has 0 unspecified atom stereocenters. The van der Waals surface area contributed by atoms with E-state index >= 15 is 0 Å². The van der Waals surface area contributed by atoms with Gasteiger partial charge >= 0.3 is 0 Å². The van der Waals surface area contributed by atoms with E-state index in [1.165, 1.54) is 17.4 Å². The Balaban J connectivity index is 0.00000132. The molecule has 8 heteroatoms. The quantitative estimate of drug-likeness (QED) is 0.304. The number of benzene rings is 2. The van der Waals surface area contributed by atoms with Crippen LogP contribution in [0.5, 0.6) is 0 Å². The number of hydrogen-bond acceptors (Lipinski definition) is 5. The maximum Gasteiger partial charge on any atom is 0.296 e. The van der Waals surface area contributed by atoms with Crippen LogP contribution in [0.25, 0.3) is 16.9 Å². The van der Waals surface area contributed by atoms with Gasteiger partial charge in [0.2, 0.25) is 0 Å². The summed E-state index contributed by atoms with van der Waals surface area (Å²) >= 11 is 1.30. The Kier molecular flexibility index (Phi) is 6.94. The summed E-state index contributed by atoms with van der Waals surface area (Å²) in [6.45, 7) is 5.84. The van der Waals surface area contributed by atoms with Crippen molar-refractivity contribution >= 4 is 28.6 Å². The number of aryl methyl sites for hydroxylation is 1. The Morgan fingerprint density at radius 1 is 1.06 bits per heavy atom. The van der Waals surface area contributed by atoms with Crippen LogP contribution < -0.4 is 5.32 Å². The lowest BCUT2D eigenvalue weighted by molar-refractivity contribution is -0.384. The molecule has 0 aliphatic rings. The van der Waals surface area contributed by atoms with Crippen LogP contribution in [-0.2, 0) is 0 Å². The van der Waals surface area contributed by atoms with Crippen LogP contribution in [0.15, 0.2) is 72.1 Å². The third-order valence-electron chi connectivity index (χ3n) is 4.30. The van der Waals surface area contributed by atoms with Crippen LogP contribution in [0.2, 0.25) is 0 Å². The zero-order valence-electron chi connectivity index (χ0n) is 17.4. The van der Waals surface area contributed by atoms with Gasteiger partial charge in [0.05, 0.1) is 21.2 Å². The molecule has 0 aliphatic carbocycles. The van der Waals surface area contributed by atoms with Gasteiger partial charge < -0.3 is 5.32 Å². The number of carbonyl (C=O) groups is 1. The molecule has 1 amide bonds. The molecule has 7 nitrogen and oxygen atoms in total. The summed E-state index contributed by atoms with van der Waals surface area (Å²) in [5.74, 6) is -0.304. The molecule has 0 saturated heterocycles. The van der Waals surface area contributed by atoms with Crippen molar-refractivity contribution in [2.24, 2.45) is 0 Å². The number of hydrogen-bond donors (Lipinski definition) is 1. The molecule has 1 N–H and O–H groups in total. The van der Waals surface area contributed by atoms with Gasteiger partial charge in [-0.1, -0.05) is 50.2 Å². The van der Waals surface area contributed by atoms with Crippen molar-refractivity contribution in [1.29, 1.82) is 0 Å². The van der Waals surface area contributed by atoms with Gasteiger partial charge in [0.25, 0.3) is 11.6 Å². The van der Waals surface area contributed by atoms with Gasteiger partial charge in [0, 0.05) is 17.3 Å². The van der Waals surface area contributed by atoms with E-state index in [9.17, 15) is 14.9 Å². The van der Waals surface area contributed by atoms with Crippen molar-refractivity contribution in [3.63, 3.8) is 0 Å². The Morgan fingerprint density at radius 2 is 1.81 bits per heavy atom. The number of anilines is 1. The summed E-state index contributed by atoms with van der Waals surface area (Å²) in [6, 6.07) is 19.5. The van der Waals surface area contributed by atoms with E-state index in [0.29, 0.717) is 16.3 Å². The number of aromatic nitrogens is 2. The highest BCUT2D eigenvalue weighted by Gasteiger charge is 2.21. The molecule has 0 fully saturated rings. The topological polar surface area (TPSA) is 90.1 Å². The van der Waals surface area contributed by atoms with Crippen molar-refractivity contribution in [3.8, 4) is 16.9 Å². The molecule has 0 atom stereocenters. The van der Waals surface area contributed by atoms with Crippen molar-refractivity contribution < 1.29 is 9.72 Å². The molecule has 4 aromatic rings. The first-order valence-corrected chi connectivity index (χ1v) is 10.7. The smallest absolute Gasteiger partial charge is 0.296 e. The normalized spacial score (nSPS) is 10.2. The van der Waals surface area contributed by atoms with Gasteiger partial charge in [-0.15, -0.1) is 11.3 Å². The molecule has 2 aromatic heterocycles. The molecule has 158 valence electrons. The summed E-state index contributed by atoms with van der Waals surface area (Å²) in [7, 11) is 0. The number of amides is 1. The van der Waals surface area contributed by atoms with Crippen LogP contribution in [0.1, 0.15) is 29.2 Å². The predicted octanol–water partition coefficient (Wildman–Crippen LogP) is 6.10. The van der Waals surface area contributed by atoms with Gasteiger partial charge in [-0.3, -0.25) is 14.9 Å². The maximum atomic E-state index is 12.3. The predicted molar refractivity (Wildman–Crippen MR) is 124 cm³/mol. The first-order valence-electron chi connectivity index (χ1n) is 9.78. The molecule has 0 radical (unpaired) electrons. The Morgan fingerprint density at radius 3 is 2.45 bits per heavy atom. The van der Waals surface area contributed by atoms with Crippen LogP contribution >= 0.6 is 11.3 Å². The number of carbonyl (C=O) groups excluding carboxylic acids is 1. The molecule has 0 saturated carbocycles. The third-order valence-corrected chi connectivity index (χ3v) is 5.17. The summed E-state index contributed by atoms with van der Waals surface area (Å²) in [5, 5.41) is 20.7. The third kappa shape index (κ3) is 4.87. The van der Waals surface area contributed by atoms with E-state index < -0.39 is 4.92 Å². The first kappa shape index (κ1) is 21.9. The minimum absolute atomic E-state index is 0.144. The van der Waals surface area contributed by atoms with Crippen molar-refractivity contribution in [3.05, 3.63) is 92.8 Å². The molecule has 2 heterocycles. The molecule has 0 aliphatic heterocycles. The fourth-order valence-corrected chi connectivity index (χ4v) is 3.64.